The summed E-state index contributed by atoms with van der Waals surface area (Å²) in [4.78, 5) is 14.9. The van der Waals surface area contributed by atoms with Gasteiger partial charge in [-0.05, 0) is 37.5 Å². The maximum absolute atomic E-state index is 13.1. The molecule has 1 saturated carbocycles. The predicted molar refractivity (Wildman–Crippen MR) is 86.2 cm³/mol. The fourth-order valence-electron chi connectivity index (χ4n) is 2.92. The van der Waals surface area contributed by atoms with E-state index in [0.29, 0.717) is 12.2 Å². The Kier molecular flexibility index (Phi) is 3.42. The molecular weight excluding hydrogens is 260 g/mol. The lowest BCUT2D eigenvalue weighted by atomic mass is 9.94. The average molecular weight is 280 g/mol. The van der Waals surface area contributed by atoms with Gasteiger partial charge in [0.2, 0.25) is 5.91 Å². The number of likely N-dealkylation sites (N-methyl/N-ethyl adjacent to an activating group) is 1. The lowest BCUT2D eigenvalue weighted by Crippen LogP contribution is -2.39. The number of hydrogen-bond acceptors (Lipinski definition) is 2. The summed E-state index contributed by atoms with van der Waals surface area (Å²) in [6, 6.07) is 17.6. The maximum Gasteiger partial charge on any atom is 0.237 e. The first-order valence-corrected chi connectivity index (χ1v) is 7.41. The van der Waals surface area contributed by atoms with Gasteiger partial charge in [0.15, 0.2) is 0 Å². The van der Waals surface area contributed by atoms with Crippen molar-refractivity contribution in [1.29, 1.82) is 0 Å². The van der Waals surface area contributed by atoms with Crippen LogP contribution in [-0.2, 0) is 10.2 Å². The smallest absolute Gasteiger partial charge is 0.237 e. The van der Waals surface area contributed by atoms with Gasteiger partial charge in [0.25, 0.3) is 0 Å². The first-order chi connectivity index (χ1) is 10.2. The van der Waals surface area contributed by atoms with Crippen LogP contribution >= 0.6 is 0 Å². The Morgan fingerprint density at radius 1 is 1.10 bits per heavy atom. The Morgan fingerprint density at radius 2 is 1.71 bits per heavy atom. The summed E-state index contributed by atoms with van der Waals surface area (Å²) in [5, 5.41) is 0. The Morgan fingerprint density at radius 3 is 2.29 bits per heavy atom. The van der Waals surface area contributed by atoms with Crippen LogP contribution in [0.3, 0.4) is 0 Å². The van der Waals surface area contributed by atoms with E-state index in [0.717, 1.165) is 24.1 Å². The Hall–Kier alpha value is -2.29. The normalized spacial score (nSPS) is 15.5. The molecule has 2 aromatic rings. The fraction of sp³-hybridized carbons (Fsp3) is 0.278. The fourth-order valence-corrected chi connectivity index (χ4v) is 2.92. The average Bonchev–Trinajstić information content (AvgIpc) is 3.32. The highest BCUT2D eigenvalue weighted by Gasteiger charge is 2.53. The number of anilines is 2. The lowest BCUT2D eigenvalue weighted by Gasteiger charge is -2.27. The van der Waals surface area contributed by atoms with E-state index in [1.165, 1.54) is 0 Å². The third kappa shape index (κ3) is 2.29. The van der Waals surface area contributed by atoms with Gasteiger partial charge >= 0.3 is 0 Å². The monoisotopic (exact) mass is 280 g/mol. The number of benzene rings is 2. The summed E-state index contributed by atoms with van der Waals surface area (Å²) in [6.45, 7) is 2.62. The molecule has 1 fully saturated rings. The summed E-state index contributed by atoms with van der Waals surface area (Å²) in [6.07, 6.45) is 1.83. The third-order valence-corrected chi connectivity index (χ3v) is 4.27. The molecule has 3 heteroatoms. The standard InChI is InChI=1S/C18H20N2O/c1-2-20(16-11-7-6-10-15(16)19)17(21)18(12-13-18)14-8-4-3-5-9-14/h3-11H,2,12-13,19H2,1H3. The summed E-state index contributed by atoms with van der Waals surface area (Å²) < 4.78 is 0. The summed E-state index contributed by atoms with van der Waals surface area (Å²) in [7, 11) is 0. The van der Waals surface area contributed by atoms with Crippen LogP contribution < -0.4 is 10.6 Å². The van der Waals surface area contributed by atoms with Crippen molar-refractivity contribution in [2.75, 3.05) is 17.2 Å². The number of carbonyl (C=O) groups excluding carboxylic acids is 1. The van der Waals surface area contributed by atoms with Crippen LogP contribution in [0.2, 0.25) is 0 Å². The van der Waals surface area contributed by atoms with E-state index in [1.54, 1.807) is 0 Å². The van der Waals surface area contributed by atoms with Gasteiger partial charge in [0, 0.05) is 6.54 Å². The van der Waals surface area contributed by atoms with Crippen LogP contribution in [0.1, 0.15) is 25.3 Å². The quantitative estimate of drug-likeness (QED) is 0.873. The van der Waals surface area contributed by atoms with Gasteiger partial charge in [0.1, 0.15) is 0 Å². The topological polar surface area (TPSA) is 46.3 Å². The van der Waals surface area contributed by atoms with Gasteiger partial charge in [-0.2, -0.15) is 0 Å². The van der Waals surface area contributed by atoms with Crippen molar-refractivity contribution in [2.24, 2.45) is 0 Å². The van der Waals surface area contributed by atoms with Gasteiger partial charge in [-0.25, -0.2) is 0 Å². The first kappa shape index (κ1) is 13.7. The van der Waals surface area contributed by atoms with Gasteiger partial charge in [-0.15, -0.1) is 0 Å². The molecular formula is C18H20N2O. The van der Waals surface area contributed by atoms with E-state index in [9.17, 15) is 4.79 Å². The van der Waals surface area contributed by atoms with Gasteiger partial charge in [-0.1, -0.05) is 42.5 Å². The number of rotatable bonds is 4. The third-order valence-electron chi connectivity index (χ3n) is 4.27. The zero-order valence-electron chi connectivity index (χ0n) is 12.3. The molecule has 0 unspecified atom stereocenters. The van der Waals surface area contributed by atoms with Crippen LogP contribution in [-0.4, -0.2) is 12.5 Å². The largest absolute Gasteiger partial charge is 0.397 e. The van der Waals surface area contributed by atoms with Crippen LogP contribution in [0.4, 0.5) is 11.4 Å². The molecule has 0 heterocycles. The molecule has 1 aliphatic rings. The van der Waals surface area contributed by atoms with Crippen molar-refractivity contribution >= 4 is 17.3 Å². The van der Waals surface area contributed by atoms with Gasteiger partial charge in [-0.3, -0.25) is 4.79 Å². The zero-order chi connectivity index (χ0) is 14.9. The predicted octanol–water partition coefficient (Wildman–Crippen LogP) is 3.35. The minimum atomic E-state index is -0.348. The molecule has 108 valence electrons. The van der Waals surface area contributed by atoms with Gasteiger partial charge in [0.05, 0.1) is 16.8 Å². The second-order valence-electron chi connectivity index (χ2n) is 5.56. The van der Waals surface area contributed by atoms with E-state index in [2.05, 4.69) is 0 Å². The van der Waals surface area contributed by atoms with Crippen molar-refractivity contribution in [3.63, 3.8) is 0 Å². The molecule has 0 atom stereocenters. The van der Waals surface area contributed by atoms with Crippen LogP contribution in [0.15, 0.2) is 54.6 Å². The highest BCUT2D eigenvalue weighted by molar-refractivity contribution is 6.04. The Balaban J connectivity index is 1.96. The van der Waals surface area contributed by atoms with E-state index in [-0.39, 0.29) is 11.3 Å². The van der Waals surface area contributed by atoms with E-state index in [4.69, 9.17) is 5.73 Å². The molecule has 0 radical (unpaired) electrons. The van der Waals surface area contributed by atoms with Crippen molar-refractivity contribution in [2.45, 2.75) is 25.2 Å². The molecule has 0 spiro atoms. The highest BCUT2D eigenvalue weighted by atomic mass is 16.2. The molecule has 3 rings (SSSR count). The van der Waals surface area contributed by atoms with E-state index >= 15 is 0 Å². The molecule has 0 saturated heterocycles. The molecule has 3 nitrogen and oxygen atoms in total. The number of para-hydroxylation sites is 2. The van der Waals surface area contributed by atoms with Crippen LogP contribution in [0.5, 0.6) is 0 Å². The second kappa shape index (κ2) is 5.24. The highest BCUT2D eigenvalue weighted by Crippen LogP contribution is 2.50. The number of nitrogens with two attached hydrogens (primary N) is 1. The SMILES string of the molecule is CCN(C(=O)C1(c2ccccc2)CC1)c1ccccc1N. The maximum atomic E-state index is 13.1. The van der Waals surface area contributed by atoms with Crippen LogP contribution in [0.25, 0.3) is 0 Å². The summed E-state index contributed by atoms with van der Waals surface area (Å²) in [5.41, 5.74) is 8.27. The zero-order valence-corrected chi connectivity index (χ0v) is 12.3. The molecule has 2 N–H and O–H groups in total. The van der Waals surface area contributed by atoms with E-state index in [1.807, 2.05) is 66.4 Å². The molecule has 1 amide bonds. The Bertz CT molecular complexity index is 647. The van der Waals surface area contributed by atoms with Crippen molar-refractivity contribution in [3.8, 4) is 0 Å². The molecule has 1 aliphatic carbocycles. The summed E-state index contributed by atoms with van der Waals surface area (Å²) >= 11 is 0. The minimum Gasteiger partial charge on any atom is -0.397 e. The number of hydrogen-bond donors (Lipinski definition) is 1. The van der Waals surface area contributed by atoms with Crippen molar-refractivity contribution in [3.05, 3.63) is 60.2 Å². The number of amides is 1. The molecule has 0 bridgehead atoms. The molecule has 0 aromatic heterocycles. The first-order valence-electron chi connectivity index (χ1n) is 7.41. The van der Waals surface area contributed by atoms with Crippen LogP contribution in [0, 0.1) is 0 Å². The van der Waals surface area contributed by atoms with E-state index < -0.39 is 0 Å². The lowest BCUT2D eigenvalue weighted by molar-refractivity contribution is -0.121. The second-order valence-corrected chi connectivity index (χ2v) is 5.56. The van der Waals surface area contributed by atoms with Crippen molar-refractivity contribution < 1.29 is 4.79 Å². The number of nitrogen functional groups attached to an aromatic ring is 1. The molecule has 0 aliphatic heterocycles. The number of carbonyl (C=O) groups is 1. The molecule has 21 heavy (non-hydrogen) atoms. The summed E-state index contributed by atoms with van der Waals surface area (Å²) in [5.74, 6) is 0.161. The van der Waals surface area contributed by atoms with Crippen molar-refractivity contribution in [1.82, 2.24) is 0 Å². The minimum absolute atomic E-state index is 0.161. The molecule has 2 aromatic carbocycles. The van der Waals surface area contributed by atoms with Gasteiger partial charge < -0.3 is 10.6 Å². The Labute approximate surface area is 125 Å². The number of nitrogens with zero attached hydrogens (tertiary/aromatic N) is 1.